The Hall–Kier alpha value is -3.63. The van der Waals surface area contributed by atoms with Gasteiger partial charge in [0.25, 0.3) is 5.91 Å². The standard InChI is InChI=1S/C28H36F3N3O5/c1-18(14-19-15-20-10-11-33-24(20)21(16-19)25(35)32-5)34(26(36)39-27(2,3)4)12-13-37-22-8-6-7-9-23(22)38-17-28(29,30)31/h6-9,15-16,18,33H,10-14,17H2,1-5H3,(H,32,35)/t18-/m1/s1. The lowest BCUT2D eigenvalue weighted by Gasteiger charge is -2.32. The van der Waals surface area contributed by atoms with Crippen molar-refractivity contribution < 1.29 is 37.0 Å². The highest BCUT2D eigenvalue weighted by Crippen LogP contribution is 2.30. The van der Waals surface area contributed by atoms with Crippen LogP contribution in [0.3, 0.4) is 0 Å². The molecule has 0 bridgehead atoms. The number of nitrogens with zero attached hydrogens (tertiary/aromatic N) is 1. The molecule has 0 radical (unpaired) electrons. The monoisotopic (exact) mass is 551 g/mol. The molecule has 2 aromatic rings. The predicted molar refractivity (Wildman–Crippen MR) is 142 cm³/mol. The van der Waals surface area contributed by atoms with Gasteiger partial charge in [-0.15, -0.1) is 0 Å². The lowest BCUT2D eigenvalue weighted by Crippen LogP contribution is -2.45. The van der Waals surface area contributed by atoms with Crippen molar-refractivity contribution in [1.82, 2.24) is 10.2 Å². The van der Waals surface area contributed by atoms with Crippen LogP contribution >= 0.6 is 0 Å². The Morgan fingerprint density at radius 1 is 1.10 bits per heavy atom. The average Bonchev–Trinajstić information content (AvgIpc) is 3.32. The first-order valence-electron chi connectivity index (χ1n) is 12.8. The number of hydrogen-bond acceptors (Lipinski definition) is 6. The number of benzene rings is 2. The second-order valence-electron chi connectivity index (χ2n) is 10.4. The Morgan fingerprint density at radius 2 is 1.77 bits per heavy atom. The van der Waals surface area contributed by atoms with E-state index >= 15 is 0 Å². The van der Waals surface area contributed by atoms with Crippen LogP contribution in [-0.2, 0) is 17.6 Å². The SMILES string of the molecule is CNC(=O)c1cc(C[C@@H](C)N(CCOc2ccccc2OCC(F)(F)F)C(=O)OC(C)(C)C)cc2c1NCC2. The summed E-state index contributed by atoms with van der Waals surface area (Å²) in [6, 6.07) is 9.59. The van der Waals surface area contributed by atoms with E-state index in [9.17, 15) is 22.8 Å². The number of para-hydroxylation sites is 2. The molecular formula is C28H36F3N3O5. The molecule has 2 amide bonds. The number of amides is 2. The molecule has 1 heterocycles. The van der Waals surface area contributed by atoms with E-state index in [4.69, 9.17) is 14.2 Å². The first kappa shape index (κ1) is 29.9. The van der Waals surface area contributed by atoms with Crippen molar-refractivity contribution in [2.24, 2.45) is 0 Å². The topological polar surface area (TPSA) is 89.1 Å². The first-order valence-corrected chi connectivity index (χ1v) is 12.8. The molecule has 214 valence electrons. The number of fused-ring (bicyclic) bond motifs is 1. The fraction of sp³-hybridized carbons (Fsp3) is 0.500. The summed E-state index contributed by atoms with van der Waals surface area (Å²) in [6.45, 7) is 6.57. The van der Waals surface area contributed by atoms with Crippen LogP contribution in [0.25, 0.3) is 0 Å². The summed E-state index contributed by atoms with van der Waals surface area (Å²) in [5.74, 6) is -0.0981. The van der Waals surface area contributed by atoms with Crippen molar-refractivity contribution in [2.45, 2.75) is 58.4 Å². The molecule has 0 unspecified atom stereocenters. The minimum absolute atomic E-state index is 0.00638. The third-order valence-corrected chi connectivity index (χ3v) is 5.97. The van der Waals surface area contributed by atoms with Gasteiger partial charge in [-0.05, 0) is 69.9 Å². The normalized spacial score (nSPS) is 13.6. The molecule has 11 heteroatoms. The molecular weight excluding hydrogens is 515 g/mol. The zero-order chi connectivity index (χ0) is 28.8. The molecule has 39 heavy (non-hydrogen) atoms. The van der Waals surface area contributed by atoms with Gasteiger partial charge in [0.1, 0.15) is 12.2 Å². The van der Waals surface area contributed by atoms with Gasteiger partial charge in [-0.3, -0.25) is 4.79 Å². The van der Waals surface area contributed by atoms with E-state index in [1.165, 1.54) is 17.0 Å². The number of nitrogens with one attached hydrogen (secondary N) is 2. The van der Waals surface area contributed by atoms with Gasteiger partial charge in [-0.1, -0.05) is 18.2 Å². The van der Waals surface area contributed by atoms with Gasteiger partial charge in [0.2, 0.25) is 0 Å². The van der Waals surface area contributed by atoms with Crippen LogP contribution < -0.4 is 20.1 Å². The zero-order valence-corrected chi connectivity index (χ0v) is 22.9. The molecule has 3 rings (SSSR count). The fourth-order valence-corrected chi connectivity index (χ4v) is 4.29. The predicted octanol–water partition coefficient (Wildman–Crippen LogP) is 5.20. The summed E-state index contributed by atoms with van der Waals surface area (Å²) < 4.78 is 54.1. The van der Waals surface area contributed by atoms with Crippen molar-refractivity contribution in [3.05, 3.63) is 53.1 Å². The summed E-state index contributed by atoms with van der Waals surface area (Å²) in [4.78, 5) is 27.2. The Bertz CT molecular complexity index is 1160. The smallest absolute Gasteiger partial charge is 0.422 e. The summed E-state index contributed by atoms with van der Waals surface area (Å²) >= 11 is 0. The van der Waals surface area contributed by atoms with Crippen molar-refractivity contribution in [3.63, 3.8) is 0 Å². The summed E-state index contributed by atoms with van der Waals surface area (Å²) in [7, 11) is 1.58. The molecule has 0 fully saturated rings. The lowest BCUT2D eigenvalue weighted by molar-refractivity contribution is -0.153. The summed E-state index contributed by atoms with van der Waals surface area (Å²) in [6.07, 6.45) is -3.79. The summed E-state index contributed by atoms with van der Waals surface area (Å²) in [5.41, 5.74) is 2.58. The third-order valence-electron chi connectivity index (χ3n) is 5.97. The molecule has 1 aliphatic heterocycles. The van der Waals surface area contributed by atoms with E-state index in [-0.39, 0.29) is 36.6 Å². The highest BCUT2D eigenvalue weighted by atomic mass is 19.4. The van der Waals surface area contributed by atoms with E-state index < -0.39 is 24.5 Å². The second-order valence-corrected chi connectivity index (χ2v) is 10.4. The highest BCUT2D eigenvalue weighted by molar-refractivity contribution is 6.00. The van der Waals surface area contributed by atoms with Crippen LogP contribution in [0.15, 0.2) is 36.4 Å². The third kappa shape index (κ3) is 8.69. The van der Waals surface area contributed by atoms with Gasteiger partial charge in [-0.2, -0.15) is 13.2 Å². The van der Waals surface area contributed by atoms with E-state index in [2.05, 4.69) is 10.6 Å². The quantitative estimate of drug-likeness (QED) is 0.422. The minimum Gasteiger partial charge on any atom is -0.488 e. The van der Waals surface area contributed by atoms with Gasteiger partial charge < -0.3 is 29.7 Å². The maximum absolute atomic E-state index is 13.1. The maximum atomic E-state index is 13.1. The maximum Gasteiger partial charge on any atom is 0.422 e. The zero-order valence-electron chi connectivity index (χ0n) is 22.9. The second kappa shape index (κ2) is 12.5. The van der Waals surface area contributed by atoms with Crippen molar-refractivity contribution >= 4 is 17.7 Å². The Kier molecular flexibility index (Phi) is 9.58. The molecule has 2 aromatic carbocycles. The number of anilines is 1. The van der Waals surface area contributed by atoms with Crippen molar-refractivity contribution in [3.8, 4) is 11.5 Å². The van der Waals surface area contributed by atoms with Gasteiger partial charge in [0.05, 0.1) is 17.8 Å². The van der Waals surface area contributed by atoms with Gasteiger partial charge >= 0.3 is 12.3 Å². The van der Waals surface area contributed by atoms with E-state index in [0.717, 1.165) is 29.8 Å². The molecule has 0 aromatic heterocycles. The molecule has 0 saturated carbocycles. The Morgan fingerprint density at radius 3 is 2.38 bits per heavy atom. The molecule has 1 atom stereocenters. The first-order chi connectivity index (χ1) is 18.3. The number of halogens is 3. The molecule has 8 nitrogen and oxygen atoms in total. The van der Waals surface area contributed by atoms with Gasteiger partial charge in [-0.25, -0.2) is 4.79 Å². The van der Waals surface area contributed by atoms with Crippen LogP contribution in [0.5, 0.6) is 11.5 Å². The number of carbonyl (C=O) groups excluding carboxylic acids is 2. The average molecular weight is 552 g/mol. The van der Waals surface area contributed by atoms with Crippen LogP contribution in [0.1, 0.15) is 49.2 Å². The number of rotatable bonds is 10. The number of alkyl halides is 3. The van der Waals surface area contributed by atoms with Crippen LogP contribution in [0, 0.1) is 0 Å². The number of hydrogen-bond donors (Lipinski definition) is 2. The Balaban J connectivity index is 1.76. The fourth-order valence-electron chi connectivity index (χ4n) is 4.29. The van der Waals surface area contributed by atoms with E-state index in [1.54, 1.807) is 40.0 Å². The van der Waals surface area contributed by atoms with E-state index in [1.807, 2.05) is 19.1 Å². The van der Waals surface area contributed by atoms with E-state index in [0.29, 0.717) is 12.0 Å². The molecule has 0 spiro atoms. The number of carbonyl (C=O) groups is 2. The minimum atomic E-state index is -4.48. The molecule has 0 saturated heterocycles. The summed E-state index contributed by atoms with van der Waals surface area (Å²) in [5, 5.41) is 5.93. The number of ether oxygens (including phenoxy) is 3. The van der Waals surface area contributed by atoms with Gasteiger partial charge in [0, 0.05) is 19.6 Å². The van der Waals surface area contributed by atoms with Crippen LogP contribution in [0.4, 0.5) is 23.7 Å². The molecule has 1 aliphatic rings. The highest BCUT2D eigenvalue weighted by Gasteiger charge is 2.30. The van der Waals surface area contributed by atoms with Crippen molar-refractivity contribution in [1.29, 1.82) is 0 Å². The Labute approximate surface area is 226 Å². The van der Waals surface area contributed by atoms with Crippen LogP contribution in [0.2, 0.25) is 0 Å². The lowest BCUT2D eigenvalue weighted by atomic mass is 9.98. The van der Waals surface area contributed by atoms with Crippen molar-refractivity contribution in [2.75, 3.05) is 38.7 Å². The van der Waals surface area contributed by atoms with Gasteiger partial charge in [0.15, 0.2) is 18.1 Å². The van der Waals surface area contributed by atoms with Crippen LogP contribution in [-0.4, -0.2) is 68.1 Å². The molecule has 0 aliphatic carbocycles. The molecule has 2 N–H and O–H groups in total. The largest absolute Gasteiger partial charge is 0.488 e.